The van der Waals surface area contributed by atoms with Crippen molar-refractivity contribution >= 4 is 12.4 Å². The molecule has 5 heteroatoms. The molecule has 0 atom stereocenters. The van der Waals surface area contributed by atoms with Gasteiger partial charge in [0.25, 0.3) is 0 Å². The van der Waals surface area contributed by atoms with Gasteiger partial charge in [-0.3, -0.25) is 0 Å². The van der Waals surface area contributed by atoms with Crippen LogP contribution in [0.3, 0.4) is 0 Å². The van der Waals surface area contributed by atoms with Crippen molar-refractivity contribution < 1.29 is 17.7 Å². The zero-order valence-corrected chi connectivity index (χ0v) is 11.1. The Morgan fingerprint density at radius 2 is 1.78 bits per heavy atom. The van der Waals surface area contributed by atoms with E-state index in [0.29, 0.717) is 18.3 Å². The van der Waals surface area contributed by atoms with Gasteiger partial charge in [0, 0.05) is 0 Å². The van der Waals surface area contributed by atoms with Crippen LogP contribution in [-0.2, 0) is 0 Å². The highest BCUT2D eigenvalue weighted by Gasteiger charge is 2.27. The third kappa shape index (κ3) is 3.96. The first-order chi connectivity index (χ1) is 8.38. The third-order valence-corrected chi connectivity index (χ3v) is 3.23. The van der Waals surface area contributed by atoms with Gasteiger partial charge in [-0.25, -0.2) is 0 Å². The van der Waals surface area contributed by atoms with Crippen molar-refractivity contribution in [2.75, 3.05) is 6.61 Å². The van der Waals surface area contributed by atoms with Crippen molar-refractivity contribution in [3.05, 3.63) is 23.8 Å². The first-order valence-corrected chi connectivity index (χ1v) is 6.31. The molecule has 102 valence electrons. The molecule has 1 rings (SSSR count). The molecule has 0 radical (unpaired) electrons. The predicted molar refractivity (Wildman–Crippen MR) is 69.5 cm³/mol. The van der Waals surface area contributed by atoms with E-state index < -0.39 is 12.4 Å². The van der Waals surface area contributed by atoms with Crippen molar-refractivity contribution in [1.82, 2.24) is 0 Å². The van der Waals surface area contributed by atoms with E-state index in [0.717, 1.165) is 18.9 Å². The van der Waals surface area contributed by atoms with Crippen LogP contribution >= 0.6 is 0 Å². The SMILES string of the molecule is CCC(CC)COc1ccc([B-](F)(F)F)c(C)c1. The lowest BCUT2D eigenvalue weighted by molar-refractivity contribution is 0.240. The van der Waals surface area contributed by atoms with E-state index in [1.807, 2.05) is 0 Å². The second-order valence-corrected chi connectivity index (χ2v) is 4.59. The van der Waals surface area contributed by atoms with Gasteiger partial charge in [0.1, 0.15) is 5.75 Å². The summed E-state index contributed by atoms with van der Waals surface area (Å²) in [4.78, 5) is 0. The van der Waals surface area contributed by atoms with E-state index in [1.54, 1.807) is 0 Å². The number of hydrogen-bond acceptors (Lipinski definition) is 1. The van der Waals surface area contributed by atoms with E-state index in [9.17, 15) is 12.9 Å². The molecule has 0 saturated carbocycles. The van der Waals surface area contributed by atoms with E-state index >= 15 is 0 Å². The summed E-state index contributed by atoms with van der Waals surface area (Å²) in [6, 6.07) is 3.98. The predicted octanol–water partition coefficient (Wildman–Crippen LogP) is 3.86. The van der Waals surface area contributed by atoms with Crippen LogP contribution in [0.2, 0.25) is 0 Å². The molecule has 0 N–H and O–H groups in total. The average molecular weight is 259 g/mol. The quantitative estimate of drug-likeness (QED) is 0.705. The van der Waals surface area contributed by atoms with Crippen molar-refractivity contribution in [2.45, 2.75) is 33.6 Å². The number of halogens is 3. The first-order valence-electron chi connectivity index (χ1n) is 6.31. The Balaban J connectivity index is 2.73. The van der Waals surface area contributed by atoms with Crippen molar-refractivity contribution in [2.24, 2.45) is 5.92 Å². The smallest absolute Gasteiger partial charge is 0.493 e. The Labute approximate surface area is 106 Å². The van der Waals surface area contributed by atoms with Gasteiger partial charge in [-0.15, -0.1) is 5.46 Å². The third-order valence-electron chi connectivity index (χ3n) is 3.23. The molecule has 0 bridgehead atoms. The van der Waals surface area contributed by atoms with Gasteiger partial charge in [-0.2, -0.15) is 0 Å². The zero-order chi connectivity index (χ0) is 13.8. The van der Waals surface area contributed by atoms with Gasteiger partial charge < -0.3 is 17.7 Å². The molecule has 18 heavy (non-hydrogen) atoms. The monoisotopic (exact) mass is 259 g/mol. The van der Waals surface area contributed by atoms with Crippen molar-refractivity contribution in [1.29, 1.82) is 0 Å². The summed E-state index contributed by atoms with van der Waals surface area (Å²) < 4.78 is 43.4. The summed E-state index contributed by atoms with van der Waals surface area (Å²) >= 11 is 0. The number of aryl methyl sites for hydroxylation is 1. The fourth-order valence-electron chi connectivity index (χ4n) is 1.84. The molecule has 0 aliphatic carbocycles. The molecule has 0 aliphatic heterocycles. The van der Waals surface area contributed by atoms with Gasteiger partial charge in [-0.1, -0.05) is 38.3 Å². The van der Waals surface area contributed by atoms with Crippen LogP contribution in [0.5, 0.6) is 5.75 Å². The summed E-state index contributed by atoms with van der Waals surface area (Å²) in [6.07, 6.45) is 2.03. The maximum Gasteiger partial charge on any atom is 0.509 e. The fraction of sp³-hybridized carbons (Fsp3) is 0.538. The molecular weight excluding hydrogens is 240 g/mol. The lowest BCUT2D eigenvalue weighted by Crippen LogP contribution is -2.35. The molecule has 0 aromatic heterocycles. The van der Waals surface area contributed by atoms with Crippen LogP contribution in [0.4, 0.5) is 12.9 Å². The molecule has 1 aromatic carbocycles. The van der Waals surface area contributed by atoms with E-state index in [4.69, 9.17) is 4.74 Å². The largest absolute Gasteiger partial charge is 0.509 e. The number of benzene rings is 1. The highest BCUT2D eigenvalue weighted by molar-refractivity contribution is 6.74. The molecule has 0 spiro atoms. The van der Waals surface area contributed by atoms with E-state index in [2.05, 4.69) is 13.8 Å². The van der Waals surface area contributed by atoms with Crippen molar-refractivity contribution in [3.8, 4) is 5.75 Å². The minimum atomic E-state index is -4.93. The second-order valence-electron chi connectivity index (χ2n) is 4.59. The number of hydrogen-bond donors (Lipinski definition) is 0. The minimum Gasteiger partial charge on any atom is -0.493 e. The maximum absolute atomic E-state index is 12.6. The lowest BCUT2D eigenvalue weighted by atomic mass is 9.77. The minimum absolute atomic E-state index is 0.226. The topological polar surface area (TPSA) is 9.23 Å². The van der Waals surface area contributed by atoms with Gasteiger partial charge in [0.2, 0.25) is 0 Å². The van der Waals surface area contributed by atoms with E-state index in [-0.39, 0.29) is 5.56 Å². The highest BCUT2D eigenvalue weighted by atomic mass is 19.4. The summed E-state index contributed by atoms with van der Waals surface area (Å²) in [7, 11) is 0. The average Bonchev–Trinajstić information content (AvgIpc) is 2.28. The van der Waals surface area contributed by atoms with Gasteiger partial charge in [0.05, 0.1) is 6.61 Å². The van der Waals surface area contributed by atoms with Crippen molar-refractivity contribution in [3.63, 3.8) is 0 Å². The Morgan fingerprint density at radius 1 is 1.17 bits per heavy atom. The lowest BCUT2D eigenvalue weighted by Gasteiger charge is -2.19. The fourth-order valence-corrected chi connectivity index (χ4v) is 1.84. The highest BCUT2D eigenvalue weighted by Crippen LogP contribution is 2.18. The Kier molecular flexibility index (Phi) is 5.11. The molecule has 0 heterocycles. The molecule has 0 fully saturated rings. The molecule has 0 amide bonds. The zero-order valence-electron chi connectivity index (χ0n) is 11.1. The molecule has 1 nitrogen and oxygen atoms in total. The number of rotatable bonds is 6. The molecule has 0 aliphatic rings. The van der Waals surface area contributed by atoms with Crippen LogP contribution < -0.4 is 10.2 Å². The summed E-state index contributed by atoms with van der Waals surface area (Å²) in [5.41, 5.74) is -0.311. The molecule has 0 saturated heterocycles. The van der Waals surface area contributed by atoms with Crippen LogP contribution in [0.15, 0.2) is 18.2 Å². The standard InChI is InChI=1S/C13H19BF3O/c1-4-11(5-2)9-18-12-6-7-13(10(3)8-12)14(15,16)17/h6-8,11H,4-5,9H2,1-3H3/q-1. The Morgan fingerprint density at radius 3 is 2.22 bits per heavy atom. The molecular formula is C13H19BF3O-. The van der Waals surface area contributed by atoms with Crippen LogP contribution in [0, 0.1) is 12.8 Å². The second kappa shape index (κ2) is 6.16. The van der Waals surface area contributed by atoms with Gasteiger partial charge in [0.15, 0.2) is 0 Å². The summed E-state index contributed by atoms with van der Waals surface area (Å²) in [6.45, 7) is 1.25. The molecule has 1 aromatic rings. The summed E-state index contributed by atoms with van der Waals surface area (Å²) in [5, 5.41) is 0. The van der Waals surface area contributed by atoms with Gasteiger partial charge >= 0.3 is 6.98 Å². The van der Waals surface area contributed by atoms with E-state index in [1.165, 1.54) is 19.1 Å². The maximum atomic E-state index is 12.6. The van der Waals surface area contributed by atoms with Gasteiger partial charge in [-0.05, 0) is 25.0 Å². The molecule has 0 unspecified atom stereocenters. The van der Waals surface area contributed by atoms with Crippen LogP contribution in [0.25, 0.3) is 0 Å². The first kappa shape index (κ1) is 14.9. The Bertz CT molecular complexity index is 386. The normalized spacial score (nSPS) is 11.9. The van der Waals surface area contributed by atoms with Crippen LogP contribution in [0.1, 0.15) is 32.3 Å². The van der Waals surface area contributed by atoms with Crippen LogP contribution in [-0.4, -0.2) is 13.6 Å². The Hall–Kier alpha value is -1.13. The number of ether oxygens (including phenoxy) is 1. The summed E-state index contributed by atoms with van der Waals surface area (Å²) in [5.74, 6) is 0.972.